The number of methoxy groups -OCH3 is 1. The zero-order valence-corrected chi connectivity index (χ0v) is 11.3. The van der Waals surface area contributed by atoms with Crippen molar-refractivity contribution in [2.75, 3.05) is 7.11 Å². The number of aromatic nitrogens is 2. The summed E-state index contributed by atoms with van der Waals surface area (Å²) >= 11 is 0. The molecule has 100 valence electrons. The number of hydrogen-bond acceptors (Lipinski definition) is 5. The molecular weight excluding hydrogens is 244 g/mol. The lowest BCUT2D eigenvalue weighted by Gasteiger charge is -2.05. The van der Waals surface area contributed by atoms with Gasteiger partial charge in [0.05, 0.1) is 12.7 Å². The van der Waals surface area contributed by atoms with Crippen LogP contribution >= 0.6 is 0 Å². The van der Waals surface area contributed by atoms with Gasteiger partial charge in [0, 0.05) is 12.8 Å². The molecule has 0 saturated heterocycles. The predicted octanol–water partition coefficient (Wildman–Crippen LogP) is 2.58. The normalized spacial score (nSPS) is 10.5. The van der Waals surface area contributed by atoms with Crippen LogP contribution in [-0.2, 0) is 11.2 Å². The van der Waals surface area contributed by atoms with Crippen molar-refractivity contribution < 1.29 is 14.1 Å². The summed E-state index contributed by atoms with van der Waals surface area (Å²) in [6.07, 6.45) is 0.878. The summed E-state index contributed by atoms with van der Waals surface area (Å²) in [7, 11) is 1.61. The first kappa shape index (κ1) is 13.3. The molecule has 0 fully saturated rings. The van der Waals surface area contributed by atoms with Crippen LogP contribution < -0.4 is 4.74 Å². The highest BCUT2D eigenvalue weighted by atomic mass is 16.5. The third-order valence-corrected chi connectivity index (χ3v) is 2.76. The van der Waals surface area contributed by atoms with Crippen LogP contribution in [0.25, 0.3) is 11.4 Å². The van der Waals surface area contributed by atoms with E-state index in [1.165, 1.54) is 0 Å². The molecule has 0 amide bonds. The number of Topliss-reactive ketones (excluding diaryl/α,β-unsaturated/α-hetero) is 1. The maximum absolute atomic E-state index is 10.9. The van der Waals surface area contributed by atoms with Gasteiger partial charge in [-0.1, -0.05) is 11.2 Å². The van der Waals surface area contributed by atoms with Crippen molar-refractivity contribution in [3.63, 3.8) is 0 Å². The Morgan fingerprint density at radius 1 is 1.42 bits per heavy atom. The largest absolute Gasteiger partial charge is 0.496 e. The molecule has 1 heterocycles. The maximum Gasteiger partial charge on any atom is 0.227 e. The molecule has 2 rings (SSSR count). The molecule has 0 bridgehead atoms. The van der Waals surface area contributed by atoms with E-state index in [1.807, 2.05) is 25.1 Å². The monoisotopic (exact) mass is 260 g/mol. The van der Waals surface area contributed by atoms with Crippen LogP contribution in [0.2, 0.25) is 0 Å². The van der Waals surface area contributed by atoms with Crippen LogP contribution in [0.5, 0.6) is 5.75 Å². The van der Waals surface area contributed by atoms with Crippen LogP contribution in [0, 0.1) is 6.92 Å². The van der Waals surface area contributed by atoms with Gasteiger partial charge in [-0.3, -0.25) is 0 Å². The first-order valence-corrected chi connectivity index (χ1v) is 6.07. The van der Waals surface area contributed by atoms with Crippen molar-refractivity contribution in [2.24, 2.45) is 0 Å². The second kappa shape index (κ2) is 5.65. The van der Waals surface area contributed by atoms with E-state index in [-0.39, 0.29) is 5.78 Å². The Kier molecular flexibility index (Phi) is 3.94. The van der Waals surface area contributed by atoms with Crippen molar-refractivity contribution in [1.82, 2.24) is 10.1 Å². The van der Waals surface area contributed by atoms with Crippen molar-refractivity contribution in [3.8, 4) is 17.1 Å². The minimum absolute atomic E-state index is 0.104. The SMILES string of the molecule is COc1cc(C)ccc1-c1noc(CCC(C)=O)n1. The summed E-state index contributed by atoms with van der Waals surface area (Å²) < 4.78 is 10.4. The van der Waals surface area contributed by atoms with Gasteiger partial charge in [0.2, 0.25) is 11.7 Å². The van der Waals surface area contributed by atoms with Gasteiger partial charge in [-0.05, 0) is 31.5 Å². The molecule has 1 aromatic heterocycles. The number of hydrogen-bond donors (Lipinski definition) is 0. The predicted molar refractivity (Wildman–Crippen MR) is 70.0 cm³/mol. The zero-order chi connectivity index (χ0) is 13.8. The molecule has 0 spiro atoms. The fourth-order valence-electron chi connectivity index (χ4n) is 1.73. The van der Waals surface area contributed by atoms with Crippen LogP contribution in [0.3, 0.4) is 0 Å². The average molecular weight is 260 g/mol. The summed E-state index contributed by atoms with van der Waals surface area (Å²) in [5.74, 6) is 1.76. The Labute approximate surface area is 111 Å². The quantitative estimate of drug-likeness (QED) is 0.826. The molecule has 5 nitrogen and oxygen atoms in total. The van der Waals surface area contributed by atoms with Gasteiger partial charge in [0.25, 0.3) is 0 Å². The van der Waals surface area contributed by atoms with Crippen LogP contribution in [0.1, 0.15) is 24.8 Å². The number of carbonyl (C=O) groups is 1. The van der Waals surface area contributed by atoms with Crippen molar-refractivity contribution in [3.05, 3.63) is 29.7 Å². The topological polar surface area (TPSA) is 65.2 Å². The molecule has 19 heavy (non-hydrogen) atoms. The molecule has 5 heteroatoms. The van der Waals surface area contributed by atoms with Crippen LogP contribution in [0.4, 0.5) is 0 Å². The van der Waals surface area contributed by atoms with Gasteiger partial charge in [0.1, 0.15) is 11.5 Å². The second-order valence-electron chi connectivity index (χ2n) is 4.42. The number of benzene rings is 1. The van der Waals surface area contributed by atoms with E-state index >= 15 is 0 Å². The van der Waals surface area contributed by atoms with E-state index < -0.39 is 0 Å². The van der Waals surface area contributed by atoms with Crippen LogP contribution in [0.15, 0.2) is 22.7 Å². The van der Waals surface area contributed by atoms with E-state index in [0.717, 1.165) is 11.1 Å². The fourth-order valence-corrected chi connectivity index (χ4v) is 1.73. The molecule has 0 aliphatic heterocycles. The van der Waals surface area contributed by atoms with Gasteiger partial charge in [-0.15, -0.1) is 0 Å². The summed E-state index contributed by atoms with van der Waals surface area (Å²) in [5, 5.41) is 3.93. The smallest absolute Gasteiger partial charge is 0.227 e. The summed E-state index contributed by atoms with van der Waals surface area (Å²) in [5.41, 5.74) is 1.88. The van der Waals surface area contributed by atoms with E-state index in [0.29, 0.717) is 30.3 Å². The number of carbonyl (C=O) groups excluding carboxylic acids is 1. The number of ketones is 1. The van der Waals surface area contributed by atoms with Crippen molar-refractivity contribution >= 4 is 5.78 Å². The Hall–Kier alpha value is -2.17. The minimum Gasteiger partial charge on any atom is -0.496 e. The Morgan fingerprint density at radius 3 is 2.89 bits per heavy atom. The van der Waals surface area contributed by atoms with Gasteiger partial charge in [0.15, 0.2) is 0 Å². The molecule has 0 aliphatic carbocycles. The van der Waals surface area contributed by atoms with Gasteiger partial charge in [-0.25, -0.2) is 0 Å². The lowest BCUT2D eigenvalue weighted by molar-refractivity contribution is -0.117. The maximum atomic E-state index is 10.9. The minimum atomic E-state index is 0.104. The molecule has 0 radical (unpaired) electrons. The van der Waals surface area contributed by atoms with Crippen molar-refractivity contribution in [2.45, 2.75) is 26.7 Å². The first-order chi connectivity index (χ1) is 9.10. The Bertz CT molecular complexity index is 590. The zero-order valence-electron chi connectivity index (χ0n) is 11.3. The molecule has 0 atom stereocenters. The van der Waals surface area contributed by atoms with Gasteiger partial charge in [-0.2, -0.15) is 4.98 Å². The lowest BCUT2D eigenvalue weighted by atomic mass is 10.1. The van der Waals surface area contributed by atoms with E-state index in [1.54, 1.807) is 14.0 Å². The summed E-state index contributed by atoms with van der Waals surface area (Å²) in [6, 6.07) is 5.78. The standard InChI is InChI=1S/C14H16N2O3/c1-9-4-6-11(12(8-9)18-3)14-15-13(19-16-14)7-5-10(2)17/h4,6,8H,5,7H2,1-3H3. The number of aryl methyl sites for hydroxylation is 2. The average Bonchev–Trinajstić information content (AvgIpc) is 2.84. The number of ether oxygens (including phenoxy) is 1. The molecule has 1 aromatic carbocycles. The fraction of sp³-hybridized carbons (Fsp3) is 0.357. The highest BCUT2D eigenvalue weighted by Crippen LogP contribution is 2.28. The lowest BCUT2D eigenvalue weighted by Crippen LogP contribution is -1.94. The number of rotatable bonds is 5. The summed E-state index contributed by atoms with van der Waals surface area (Å²) in [6.45, 7) is 3.53. The number of nitrogens with zero attached hydrogens (tertiary/aromatic N) is 2. The third-order valence-electron chi connectivity index (χ3n) is 2.76. The molecule has 0 aliphatic rings. The Morgan fingerprint density at radius 2 is 2.21 bits per heavy atom. The van der Waals surface area contributed by atoms with Gasteiger partial charge < -0.3 is 14.1 Å². The second-order valence-corrected chi connectivity index (χ2v) is 4.42. The first-order valence-electron chi connectivity index (χ1n) is 6.07. The van der Waals surface area contributed by atoms with Crippen LogP contribution in [-0.4, -0.2) is 23.0 Å². The van der Waals surface area contributed by atoms with Gasteiger partial charge >= 0.3 is 0 Å². The van der Waals surface area contributed by atoms with E-state index in [9.17, 15) is 4.79 Å². The molecular formula is C14H16N2O3. The summed E-state index contributed by atoms with van der Waals surface area (Å²) in [4.78, 5) is 15.2. The van der Waals surface area contributed by atoms with E-state index in [2.05, 4.69) is 10.1 Å². The highest BCUT2D eigenvalue weighted by Gasteiger charge is 2.13. The Balaban J connectivity index is 2.25. The van der Waals surface area contributed by atoms with Crippen molar-refractivity contribution in [1.29, 1.82) is 0 Å². The third kappa shape index (κ3) is 3.19. The highest BCUT2D eigenvalue weighted by molar-refractivity contribution is 5.75. The molecule has 0 saturated carbocycles. The van der Waals surface area contributed by atoms with E-state index in [4.69, 9.17) is 9.26 Å². The molecule has 0 N–H and O–H groups in total. The molecule has 0 unspecified atom stereocenters. The molecule has 2 aromatic rings.